The Morgan fingerprint density at radius 2 is 1.88 bits per heavy atom. The summed E-state index contributed by atoms with van der Waals surface area (Å²) in [4.78, 5) is 13.6. The quantitative estimate of drug-likeness (QED) is 0.239. The first kappa shape index (κ1) is 31.1. The average Bonchev–Trinajstić information content (AvgIpc) is 2.97. The molecule has 1 N–H and O–H groups in total. The number of piperidine rings is 1. The third kappa shape index (κ3) is 8.82. The minimum absolute atomic E-state index is 0.0818. The molecule has 1 aliphatic rings. The summed E-state index contributed by atoms with van der Waals surface area (Å²) in [5.74, 6) is 0.877. The predicted molar refractivity (Wildman–Crippen MR) is 166 cm³/mol. The van der Waals surface area contributed by atoms with Gasteiger partial charge in [0.15, 0.2) is 5.67 Å². The van der Waals surface area contributed by atoms with E-state index in [2.05, 4.69) is 9.62 Å². The summed E-state index contributed by atoms with van der Waals surface area (Å²) >= 11 is 7.92. The van der Waals surface area contributed by atoms with Crippen LogP contribution in [0.3, 0.4) is 0 Å². The van der Waals surface area contributed by atoms with Crippen molar-refractivity contribution in [2.24, 2.45) is 0 Å². The molecule has 0 aromatic heterocycles. The van der Waals surface area contributed by atoms with Gasteiger partial charge in [-0.2, -0.15) is 0 Å². The Labute approximate surface area is 252 Å². The highest BCUT2D eigenvalue weighted by molar-refractivity contribution is 7.97. The molecule has 4 rings (SSSR count). The van der Waals surface area contributed by atoms with Crippen molar-refractivity contribution in [3.63, 3.8) is 0 Å². The van der Waals surface area contributed by atoms with Crippen LogP contribution >= 0.6 is 23.5 Å². The molecule has 1 amide bonds. The van der Waals surface area contributed by atoms with Crippen LogP contribution in [-0.2, 0) is 22.2 Å². The van der Waals surface area contributed by atoms with E-state index in [9.17, 15) is 9.00 Å². The summed E-state index contributed by atoms with van der Waals surface area (Å²) in [6, 6.07) is 20.9. The van der Waals surface area contributed by atoms with Crippen molar-refractivity contribution >= 4 is 40.3 Å². The second-order valence-electron chi connectivity index (χ2n) is 9.88. The van der Waals surface area contributed by atoms with Crippen molar-refractivity contribution in [3.05, 3.63) is 88.8 Å². The Hall–Kier alpha value is -2.85. The van der Waals surface area contributed by atoms with Crippen LogP contribution in [-0.4, -0.2) is 52.6 Å². The van der Waals surface area contributed by atoms with Crippen molar-refractivity contribution < 1.29 is 22.9 Å². The molecule has 0 saturated carbocycles. The number of halogens is 2. The Morgan fingerprint density at radius 3 is 2.61 bits per heavy atom. The molecule has 2 atom stereocenters. The first-order valence-corrected chi connectivity index (χ1v) is 16.0. The fourth-order valence-corrected chi connectivity index (χ4v) is 6.08. The van der Waals surface area contributed by atoms with Crippen molar-refractivity contribution in [3.8, 4) is 22.6 Å². The number of alkyl halides is 1. The van der Waals surface area contributed by atoms with Crippen molar-refractivity contribution in [1.82, 2.24) is 9.62 Å². The lowest BCUT2D eigenvalue weighted by Gasteiger charge is -2.35. The third-order valence-electron chi connectivity index (χ3n) is 6.69. The molecule has 0 radical (unpaired) electrons. The number of carbonyl (C=O) groups excluding carboxylic acids is 1. The van der Waals surface area contributed by atoms with E-state index in [1.807, 2.05) is 66.7 Å². The van der Waals surface area contributed by atoms with Crippen LogP contribution < -0.4 is 14.8 Å². The first-order chi connectivity index (χ1) is 19.6. The van der Waals surface area contributed by atoms with E-state index in [-0.39, 0.29) is 12.8 Å². The fourth-order valence-electron chi connectivity index (χ4n) is 4.40. The van der Waals surface area contributed by atoms with Crippen molar-refractivity contribution in [1.29, 1.82) is 0 Å². The van der Waals surface area contributed by atoms with E-state index < -0.39 is 28.4 Å². The topological polar surface area (TPSA) is 67.9 Å². The Balaban J connectivity index is 1.41. The maximum absolute atomic E-state index is 15.5. The van der Waals surface area contributed by atoms with Gasteiger partial charge in [0.1, 0.15) is 18.1 Å². The largest absolute Gasteiger partial charge is 0.497 e. The second kappa shape index (κ2) is 14.4. The standard InChI is InChI=1S/C31H34ClFN2O4S2/c1-22(12-17-41(3)37)34-30(36)31(33)13-15-35(16-14-31)40-29-11-10-25(32)20-28(29)24-7-5-9-27(19-24)39-21-23-6-4-8-26(18-23)38-2/h4-12,17-20,22H,13-16,21H2,1-3H3,(H,34,36)/b17-12-. The fraction of sp³-hybridized carbons (Fsp3) is 0.323. The molecule has 6 nitrogen and oxygen atoms in total. The highest BCUT2D eigenvalue weighted by Gasteiger charge is 2.42. The normalized spacial score (nSPS) is 16.7. The predicted octanol–water partition coefficient (Wildman–Crippen LogP) is 6.80. The number of amides is 1. The number of rotatable bonds is 11. The highest BCUT2D eigenvalue weighted by Crippen LogP contribution is 2.39. The molecule has 3 aromatic carbocycles. The van der Waals surface area contributed by atoms with Gasteiger partial charge in [-0.25, -0.2) is 8.70 Å². The van der Waals surface area contributed by atoms with Crippen LogP contribution in [0.15, 0.2) is 83.1 Å². The van der Waals surface area contributed by atoms with Crippen LogP contribution in [0.2, 0.25) is 5.02 Å². The average molecular weight is 617 g/mol. The number of nitrogens with zero attached hydrogens (tertiary/aromatic N) is 1. The molecule has 218 valence electrons. The molecular weight excluding hydrogens is 583 g/mol. The minimum atomic E-state index is -1.94. The molecular formula is C31H34ClFN2O4S2. The van der Waals surface area contributed by atoms with Crippen LogP contribution in [0, 0.1) is 0 Å². The molecule has 2 unspecified atom stereocenters. The first-order valence-electron chi connectivity index (χ1n) is 13.2. The van der Waals surface area contributed by atoms with Crippen molar-refractivity contribution in [2.75, 3.05) is 26.5 Å². The molecule has 1 fully saturated rings. The zero-order valence-electron chi connectivity index (χ0n) is 23.3. The molecule has 1 heterocycles. The van der Waals surface area contributed by atoms with E-state index in [1.54, 1.807) is 20.1 Å². The number of hydrogen-bond acceptors (Lipinski definition) is 6. The third-order valence-corrected chi connectivity index (χ3v) is 8.64. The summed E-state index contributed by atoms with van der Waals surface area (Å²) in [5.41, 5.74) is 0.948. The van der Waals surface area contributed by atoms with E-state index in [0.29, 0.717) is 24.7 Å². The number of hydrogen-bond donors (Lipinski definition) is 1. The van der Waals surface area contributed by atoms with Gasteiger partial charge in [-0.15, -0.1) is 0 Å². The molecule has 1 saturated heterocycles. The smallest absolute Gasteiger partial charge is 0.258 e. The van der Waals surface area contributed by atoms with E-state index in [4.69, 9.17) is 21.1 Å². The van der Waals surface area contributed by atoms with Gasteiger partial charge in [0.25, 0.3) is 5.91 Å². The Bertz CT molecular complexity index is 1410. The van der Waals surface area contributed by atoms with Gasteiger partial charge in [-0.05, 0) is 78.0 Å². The van der Waals surface area contributed by atoms with Crippen LogP contribution in [0.4, 0.5) is 4.39 Å². The summed E-state index contributed by atoms with van der Waals surface area (Å²) in [6.07, 6.45) is 3.32. The van der Waals surface area contributed by atoms with Crippen LogP contribution in [0.25, 0.3) is 11.1 Å². The SMILES string of the molecule is COc1cccc(COc2cccc(-c3cc(Cl)ccc3SN3CCC(F)(C(=O)NC(C)/C=C\S(C)=O)CC3)c2)c1. The monoisotopic (exact) mass is 616 g/mol. The van der Waals surface area contributed by atoms with Gasteiger partial charge >= 0.3 is 0 Å². The maximum atomic E-state index is 15.5. The summed E-state index contributed by atoms with van der Waals surface area (Å²) in [7, 11) is 0.513. The van der Waals surface area contributed by atoms with Gasteiger partial charge in [-0.3, -0.25) is 9.00 Å². The lowest BCUT2D eigenvalue weighted by molar-refractivity contribution is -0.135. The molecule has 3 aromatic rings. The minimum Gasteiger partial charge on any atom is -0.497 e. The highest BCUT2D eigenvalue weighted by atomic mass is 35.5. The van der Waals surface area contributed by atoms with Crippen LogP contribution in [0.5, 0.6) is 11.5 Å². The molecule has 0 spiro atoms. The summed E-state index contributed by atoms with van der Waals surface area (Å²) in [5, 5.41) is 4.78. The Kier molecular flexibility index (Phi) is 10.9. The summed E-state index contributed by atoms with van der Waals surface area (Å²) in [6.45, 7) is 2.95. The zero-order chi connectivity index (χ0) is 29.4. The number of benzene rings is 3. The lowest BCUT2D eigenvalue weighted by Crippen LogP contribution is -2.51. The van der Waals surface area contributed by atoms with Crippen molar-refractivity contribution in [2.45, 2.75) is 43.0 Å². The Morgan fingerprint density at radius 1 is 1.15 bits per heavy atom. The summed E-state index contributed by atoms with van der Waals surface area (Å²) < 4.78 is 40.2. The van der Waals surface area contributed by atoms with Gasteiger partial charge in [0.05, 0.1) is 7.11 Å². The zero-order valence-corrected chi connectivity index (χ0v) is 25.7. The molecule has 0 aliphatic carbocycles. The van der Waals surface area contributed by atoms with Gasteiger partial charge in [0, 0.05) is 64.4 Å². The number of nitrogens with one attached hydrogen (secondary N) is 1. The van der Waals surface area contributed by atoms with Gasteiger partial charge in [-0.1, -0.05) is 41.9 Å². The maximum Gasteiger partial charge on any atom is 0.258 e. The van der Waals surface area contributed by atoms with Gasteiger partial charge in [0.2, 0.25) is 0 Å². The van der Waals surface area contributed by atoms with Gasteiger partial charge < -0.3 is 14.8 Å². The number of ether oxygens (including phenoxy) is 2. The van der Waals surface area contributed by atoms with Crippen LogP contribution in [0.1, 0.15) is 25.3 Å². The molecule has 10 heteroatoms. The number of methoxy groups -OCH3 is 1. The van der Waals surface area contributed by atoms with E-state index >= 15 is 4.39 Å². The second-order valence-corrected chi connectivity index (χ2v) is 12.7. The van der Waals surface area contributed by atoms with E-state index in [0.717, 1.165) is 33.1 Å². The molecule has 0 bridgehead atoms. The number of carbonyl (C=O) groups is 1. The molecule has 1 aliphatic heterocycles. The van der Waals surface area contributed by atoms with E-state index in [1.165, 1.54) is 23.6 Å². The lowest BCUT2D eigenvalue weighted by atomic mass is 9.93. The molecule has 41 heavy (non-hydrogen) atoms.